The van der Waals surface area contributed by atoms with E-state index in [4.69, 9.17) is 0 Å². The zero-order chi connectivity index (χ0) is 20.5. The summed E-state index contributed by atoms with van der Waals surface area (Å²) in [6, 6.07) is 11.3. The van der Waals surface area contributed by atoms with Gasteiger partial charge < -0.3 is 4.90 Å². The highest BCUT2D eigenvalue weighted by Gasteiger charge is 2.33. The molecule has 28 heavy (non-hydrogen) atoms. The van der Waals surface area contributed by atoms with Gasteiger partial charge in [0.25, 0.3) is 10.0 Å². The predicted octanol–water partition coefficient (Wildman–Crippen LogP) is -0.0798. The summed E-state index contributed by atoms with van der Waals surface area (Å²) in [6.07, 6.45) is 0.882. The smallest absolute Gasteiger partial charge is 0.309 e. The highest BCUT2D eigenvalue weighted by molar-refractivity contribution is 7.89. The van der Waals surface area contributed by atoms with Crippen molar-refractivity contribution in [1.29, 1.82) is 5.26 Å². The first-order chi connectivity index (χ1) is 13.2. The Labute approximate surface area is 164 Å². The summed E-state index contributed by atoms with van der Waals surface area (Å²) < 4.78 is 53.2. The van der Waals surface area contributed by atoms with Crippen LogP contribution in [0.1, 0.15) is 5.82 Å². The zero-order valence-corrected chi connectivity index (χ0v) is 17.1. The number of piperazine rings is 1. The third-order valence-electron chi connectivity index (χ3n) is 4.43. The minimum absolute atomic E-state index is 0.229. The Kier molecular flexibility index (Phi) is 5.44. The van der Waals surface area contributed by atoms with Gasteiger partial charge in [-0.1, -0.05) is 18.2 Å². The lowest BCUT2D eigenvalue weighted by Gasteiger charge is -2.34. The molecule has 0 N–H and O–H groups in total. The van der Waals surface area contributed by atoms with Gasteiger partial charge in [-0.25, -0.2) is 17.4 Å². The van der Waals surface area contributed by atoms with Crippen molar-refractivity contribution in [3.8, 4) is 6.07 Å². The SMILES string of the molecule is CN(C)S(=O)(=O)n1cc(S(=O)(=O)N2CCN(c3ccccc3)CC2)nc1C#N. The van der Waals surface area contributed by atoms with E-state index < -0.39 is 31.1 Å². The van der Waals surface area contributed by atoms with Crippen molar-refractivity contribution in [2.45, 2.75) is 5.03 Å². The quantitative estimate of drug-likeness (QED) is 0.658. The van der Waals surface area contributed by atoms with E-state index in [9.17, 15) is 22.1 Å². The van der Waals surface area contributed by atoms with Crippen LogP contribution in [0, 0.1) is 11.3 Å². The average Bonchev–Trinajstić information content (AvgIpc) is 3.15. The Balaban J connectivity index is 1.85. The van der Waals surface area contributed by atoms with Gasteiger partial charge in [-0.15, -0.1) is 0 Å². The summed E-state index contributed by atoms with van der Waals surface area (Å²) in [4.78, 5) is 5.83. The topological polar surface area (TPSA) is 120 Å². The lowest BCUT2D eigenvalue weighted by molar-refractivity contribution is 0.383. The van der Waals surface area contributed by atoms with Crippen LogP contribution in [-0.4, -0.2) is 74.7 Å². The Morgan fingerprint density at radius 3 is 2.18 bits per heavy atom. The predicted molar refractivity (Wildman–Crippen MR) is 102 cm³/mol. The summed E-state index contributed by atoms with van der Waals surface area (Å²) in [5.74, 6) is -0.504. The number of nitriles is 1. The molecule has 10 nitrogen and oxygen atoms in total. The number of rotatable bonds is 5. The molecule has 1 aliphatic heterocycles. The molecule has 1 aromatic heterocycles. The molecule has 0 saturated carbocycles. The summed E-state index contributed by atoms with van der Waals surface area (Å²) in [5.41, 5.74) is 1.01. The minimum Gasteiger partial charge on any atom is -0.369 e. The van der Waals surface area contributed by atoms with E-state index >= 15 is 0 Å². The zero-order valence-electron chi connectivity index (χ0n) is 15.4. The van der Waals surface area contributed by atoms with Gasteiger partial charge in [0.1, 0.15) is 6.07 Å². The molecule has 0 amide bonds. The number of hydrogen-bond acceptors (Lipinski definition) is 7. The van der Waals surface area contributed by atoms with Gasteiger partial charge in [-0.3, -0.25) is 0 Å². The molecule has 1 fully saturated rings. The fourth-order valence-corrected chi connectivity index (χ4v) is 5.15. The van der Waals surface area contributed by atoms with Crippen LogP contribution in [0.3, 0.4) is 0 Å². The van der Waals surface area contributed by atoms with Crippen LogP contribution in [0.15, 0.2) is 41.6 Å². The highest BCUT2D eigenvalue weighted by Crippen LogP contribution is 2.21. The first-order valence-electron chi connectivity index (χ1n) is 8.40. The molecule has 150 valence electrons. The van der Waals surface area contributed by atoms with Crippen LogP contribution in [0.5, 0.6) is 0 Å². The van der Waals surface area contributed by atoms with Crippen LogP contribution in [0.4, 0.5) is 5.69 Å². The van der Waals surface area contributed by atoms with Gasteiger partial charge in [0.05, 0.1) is 6.20 Å². The Bertz CT molecular complexity index is 1100. The maximum atomic E-state index is 12.9. The maximum Gasteiger partial charge on any atom is 0.309 e. The monoisotopic (exact) mass is 424 g/mol. The van der Waals surface area contributed by atoms with Crippen molar-refractivity contribution in [2.24, 2.45) is 0 Å². The number of aromatic nitrogens is 2. The van der Waals surface area contributed by atoms with E-state index in [1.165, 1.54) is 18.4 Å². The Morgan fingerprint density at radius 1 is 1.04 bits per heavy atom. The van der Waals surface area contributed by atoms with Crippen molar-refractivity contribution in [2.75, 3.05) is 45.2 Å². The van der Waals surface area contributed by atoms with Gasteiger partial charge in [0, 0.05) is 46.0 Å². The fraction of sp³-hybridized carbons (Fsp3) is 0.375. The van der Waals surface area contributed by atoms with Crippen LogP contribution in [0.2, 0.25) is 0 Å². The molecule has 0 spiro atoms. The van der Waals surface area contributed by atoms with Crippen LogP contribution >= 0.6 is 0 Å². The van der Waals surface area contributed by atoms with E-state index in [0.29, 0.717) is 17.1 Å². The van der Waals surface area contributed by atoms with Gasteiger partial charge in [-0.2, -0.15) is 22.3 Å². The molecule has 2 aromatic rings. The standard InChI is InChI=1S/C16H20N6O4S2/c1-19(2)28(25,26)22-13-16(18-15(22)12-17)27(23,24)21-10-8-20(9-11-21)14-6-4-3-5-7-14/h3-7,13H,8-11H2,1-2H3. The van der Waals surface area contributed by atoms with Gasteiger partial charge in [0.15, 0.2) is 5.03 Å². The van der Waals surface area contributed by atoms with Crippen molar-refractivity contribution in [3.63, 3.8) is 0 Å². The minimum atomic E-state index is -4.06. The highest BCUT2D eigenvalue weighted by atomic mass is 32.2. The van der Waals surface area contributed by atoms with Crippen molar-refractivity contribution in [1.82, 2.24) is 17.6 Å². The van der Waals surface area contributed by atoms with Gasteiger partial charge >= 0.3 is 10.2 Å². The first-order valence-corrected chi connectivity index (χ1v) is 11.2. The number of anilines is 1. The van der Waals surface area contributed by atoms with Crippen molar-refractivity contribution < 1.29 is 16.8 Å². The lowest BCUT2D eigenvalue weighted by Crippen LogP contribution is -2.48. The molecule has 2 heterocycles. The first kappa shape index (κ1) is 20.3. The molecule has 1 aromatic carbocycles. The molecule has 0 radical (unpaired) electrons. The molecule has 3 rings (SSSR count). The molecule has 0 bridgehead atoms. The van der Waals surface area contributed by atoms with Crippen LogP contribution in [-0.2, 0) is 20.2 Å². The second-order valence-corrected chi connectivity index (χ2v) is 10.2. The average molecular weight is 425 g/mol. The molecule has 0 atom stereocenters. The molecule has 0 unspecified atom stereocenters. The van der Waals surface area contributed by atoms with Crippen LogP contribution < -0.4 is 4.90 Å². The van der Waals surface area contributed by atoms with Crippen molar-refractivity contribution >= 4 is 25.9 Å². The van der Waals surface area contributed by atoms with Crippen LogP contribution in [0.25, 0.3) is 0 Å². The molecular weight excluding hydrogens is 404 g/mol. The molecule has 1 aliphatic rings. The van der Waals surface area contributed by atoms with Crippen molar-refractivity contribution in [3.05, 3.63) is 42.4 Å². The van der Waals surface area contributed by atoms with E-state index in [0.717, 1.165) is 16.2 Å². The number of nitrogens with zero attached hydrogens (tertiary/aromatic N) is 6. The van der Waals surface area contributed by atoms with Gasteiger partial charge in [-0.05, 0) is 12.1 Å². The maximum absolute atomic E-state index is 12.9. The largest absolute Gasteiger partial charge is 0.369 e. The number of imidazole rings is 1. The third-order valence-corrected chi connectivity index (χ3v) is 7.90. The normalized spacial score (nSPS) is 16.3. The second kappa shape index (κ2) is 7.51. The number of para-hydroxylation sites is 1. The van der Waals surface area contributed by atoms with E-state index in [1.807, 2.05) is 30.3 Å². The Hall–Kier alpha value is -2.46. The van der Waals surface area contributed by atoms with Gasteiger partial charge in [0.2, 0.25) is 5.82 Å². The summed E-state index contributed by atoms with van der Waals surface area (Å²) in [6.45, 7) is 1.44. The fourth-order valence-electron chi connectivity index (χ4n) is 2.85. The van der Waals surface area contributed by atoms with E-state index in [2.05, 4.69) is 9.88 Å². The molecule has 12 heteroatoms. The summed E-state index contributed by atoms with van der Waals surface area (Å²) in [5, 5.41) is 8.73. The van der Waals surface area contributed by atoms with E-state index in [1.54, 1.807) is 6.07 Å². The second-order valence-electron chi connectivity index (χ2n) is 6.33. The molecule has 0 aliphatic carbocycles. The molecule has 1 saturated heterocycles. The third kappa shape index (κ3) is 3.61. The lowest BCUT2D eigenvalue weighted by atomic mass is 10.2. The summed E-state index contributed by atoms with van der Waals surface area (Å²) in [7, 11) is -5.52. The number of benzene rings is 1. The number of hydrogen-bond donors (Lipinski definition) is 0. The number of sulfonamides is 1. The van der Waals surface area contributed by atoms with E-state index in [-0.39, 0.29) is 13.1 Å². The Morgan fingerprint density at radius 2 is 1.64 bits per heavy atom. The molecular formula is C16H20N6O4S2. The summed E-state index contributed by atoms with van der Waals surface area (Å²) >= 11 is 0.